The maximum atomic E-state index is 12.3. The zero-order chi connectivity index (χ0) is 17.3. The number of amides is 1. The summed E-state index contributed by atoms with van der Waals surface area (Å²) in [6.07, 6.45) is 2.32. The molecule has 0 aromatic heterocycles. The Bertz CT molecular complexity index is 520. The van der Waals surface area contributed by atoms with E-state index < -0.39 is 0 Å². The molecule has 25 heavy (non-hydrogen) atoms. The summed E-state index contributed by atoms with van der Waals surface area (Å²) < 4.78 is 11.2. The van der Waals surface area contributed by atoms with Gasteiger partial charge in [-0.2, -0.15) is 0 Å². The van der Waals surface area contributed by atoms with Crippen LogP contribution in [0.5, 0.6) is 0 Å². The lowest BCUT2D eigenvalue weighted by Gasteiger charge is -2.33. The van der Waals surface area contributed by atoms with Crippen LogP contribution in [0.3, 0.4) is 0 Å². The maximum absolute atomic E-state index is 12.3. The van der Waals surface area contributed by atoms with E-state index in [0.717, 1.165) is 31.7 Å². The first-order chi connectivity index (χ1) is 12.3. The van der Waals surface area contributed by atoms with Crippen LogP contribution < -0.4 is 10.6 Å². The van der Waals surface area contributed by atoms with Crippen LogP contribution in [0, 0.1) is 5.92 Å². The van der Waals surface area contributed by atoms with E-state index in [0.29, 0.717) is 32.2 Å². The van der Waals surface area contributed by atoms with Crippen molar-refractivity contribution in [2.75, 3.05) is 45.9 Å². The van der Waals surface area contributed by atoms with Crippen molar-refractivity contribution in [2.45, 2.75) is 25.6 Å². The highest BCUT2D eigenvalue weighted by molar-refractivity contribution is 5.67. The van der Waals surface area contributed by atoms with Crippen molar-refractivity contribution >= 4 is 6.09 Å². The van der Waals surface area contributed by atoms with Crippen molar-refractivity contribution in [1.29, 1.82) is 0 Å². The van der Waals surface area contributed by atoms with Crippen molar-refractivity contribution in [3.63, 3.8) is 0 Å². The van der Waals surface area contributed by atoms with E-state index >= 15 is 0 Å². The number of nitrogens with one attached hydrogen (secondary N) is 2. The lowest BCUT2D eigenvalue weighted by molar-refractivity contribution is -0.0273. The van der Waals surface area contributed by atoms with Crippen LogP contribution in [-0.2, 0) is 16.1 Å². The number of carbonyl (C=O) groups is 1. The van der Waals surface area contributed by atoms with Gasteiger partial charge >= 0.3 is 6.09 Å². The standard InChI is InChI=1S/C19H29N3O3/c23-19(25-15-16-5-2-1-3-6-16)22-9-10-24-18(14-22)13-21-12-17-7-4-8-20-11-17/h1-3,5-6,17-18,20-21H,4,7-15H2. The Kier molecular flexibility index (Phi) is 7.09. The van der Waals surface area contributed by atoms with E-state index in [1.165, 1.54) is 12.8 Å². The highest BCUT2D eigenvalue weighted by Gasteiger charge is 2.25. The largest absolute Gasteiger partial charge is 0.445 e. The number of hydrogen-bond acceptors (Lipinski definition) is 5. The van der Waals surface area contributed by atoms with Gasteiger partial charge in [0.2, 0.25) is 0 Å². The number of carbonyl (C=O) groups excluding carboxylic acids is 1. The third kappa shape index (κ3) is 5.99. The molecule has 2 atom stereocenters. The molecule has 6 nitrogen and oxygen atoms in total. The van der Waals surface area contributed by atoms with Gasteiger partial charge in [0.1, 0.15) is 6.61 Å². The number of benzene rings is 1. The molecule has 2 saturated heterocycles. The summed E-state index contributed by atoms with van der Waals surface area (Å²) in [5, 5.41) is 6.93. The molecule has 2 N–H and O–H groups in total. The van der Waals surface area contributed by atoms with Crippen LogP contribution in [-0.4, -0.2) is 63.0 Å². The third-order valence-corrected chi connectivity index (χ3v) is 4.81. The molecular formula is C19H29N3O3. The van der Waals surface area contributed by atoms with Crippen LogP contribution >= 0.6 is 0 Å². The molecular weight excluding hydrogens is 318 g/mol. The Labute approximate surface area is 149 Å². The fraction of sp³-hybridized carbons (Fsp3) is 0.632. The topological polar surface area (TPSA) is 62.8 Å². The fourth-order valence-electron chi connectivity index (χ4n) is 3.37. The SMILES string of the molecule is O=C(OCc1ccccc1)N1CCOC(CNCC2CCCNC2)C1. The molecule has 1 aromatic carbocycles. The van der Waals surface area contributed by atoms with Crippen molar-refractivity contribution in [3.8, 4) is 0 Å². The zero-order valence-electron chi connectivity index (χ0n) is 14.8. The first-order valence-electron chi connectivity index (χ1n) is 9.30. The van der Waals surface area contributed by atoms with Gasteiger partial charge in [0.25, 0.3) is 0 Å². The average molecular weight is 347 g/mol. The quantitative estimate of drug-likeness (QED) is 0.819. The maximum Gasteiger partial charge on any atom is 0.410 e. The van der Waals surface area contributed by atoms with Crippen LogP contribution in [0.15, 0.2) is 30.3 Å². The van der Waals surface area contributed by atoms with E-state index in [1.54, 1.807) is 4.90 Å². The summed E-state index contributed by atoms with van der Waals surface area (Å²) in [5.74, 6) is 0.698. The Morgan fingerprint density at radius 2 is 2.20 bits per heavy atom. The molecule has 0 aliphatic carbocycles. The summed E-state index contributed by atoms with van der Waals surface area (Å²) in [5.41, 5.74) is 1.00. The van der Waals surface area contributed by atoms with Gasteiger partial charge in [-0.25, -0.2) is 4.79 Å². The van der Waals surface area contributed by atoms with E-state index in [4.69, 9.17) is 9.47 Å². The van der Waals surface area contributed by atoms with Crippen molar-refractivity contribution in [2.24, 2.45) is 5.92 Å². The van der Waals surface area contributed by atoms with E-state index in [9.17, 15) is 4.79 Å². The van der Waals surface area contributed by atoms with Crippen molar-refractivity contribution in [1.82, 2.24) is 15.5 Å². The van der Waals surface area contributed by atoms with Crippen molar-refractivity contribution in [3.05, 3.63) is 35.9 Å². The highest BCUT2D eigenvalue weighted by atomic mass is 16.6. The smallest absolute Gasteiger partial charge is 0.410 e. The molecule has 0 bridgehead atoms. The van der Waals surface area contributed by atoms with Gasteiger partial charge in [-0.05, 0) is 44.0 Å². The predicted octanol–water partition coefficient (Wildman–Crippen LogP) is 1.61. The Hall–Kier alpha value is -1.63. The molecule has 1 amide bonds. The molecule has 0 radical (unpaired) electrons. The summed E-state index contributed by atoms with van der Waals surface area (Å²) >= 11 is 0. The van der Waals surface area contributed by atoms with Gasteiger partial charge in [0.05, 0.1) is 19.3 Å². The summed E-state index contributed by atoms with van der Waals surface area (Å²) in [4.78, 5) is 14.0. The van der Waals surface area contributed by atoms with Gasteiger partial charge in [0.15, 0.2) is 0 Å². The summed E-state index contributed by atoms with van der Waals surface area (Å²) in [6.45, 7) is 6.08. The minimum Gasteiger partial charge on any atom is -0.445 e. The molecule has 1 aromatic rings. The first-order valence-corrected chi connectivity index (χ1v) is 9.30. The molecule has 6 heteroatoms. The normalized spacial score (nSPS) is 24.1. The number of ether oxygens (including phenoxy) is 2. The molecule has 2 aliphatic rings. The van der Waals surface area contributed by atoms with Gasteiger partial charge in [-0.15, -0.1) is 0 Å². The van der Waals surface area contributed by atoms with Crippen LogP contribution in [0.2, 0.25) is 0 Å². The second-order valence-corrected chi connectivity index (χ2v) is 6.85. The zero-order valence-corrected chi connectivity index (χ0v) is 14.8. The second kappa shape index (κ2) is 9.75. The first kappa shape index (κ1) is 18.2. The van der Waals surface area contributed by atoms with Crippen LogP contribution in [0.25, 0.3) is 0 Å². The molecule has 0 spiro atoms. The Morgan fingerprint density at radius 1 is 1.32 bits per heavy atom. The minimum absolute atomic E-state index is 0.0366. The fourth-order valence-corrected chi connectivity index (χ4v) is 3.37. The van der Waals surface area contributed by atoms with Crippen LogP contribution in [0.1, 0.15) is 18.4 Å². The number of morpholine rings is 1. The molecule has 2 heterocycles. The molecule has 2 unspecified atom stereocenters. The summed E-state index contributed by atoms with van der Waals surface area (Å²) in [7, 11) is 0. The number of nitrogens with zero attached hydrogens (tertiary/aromatic N) is 1. The van der Waals surface area contributed by atoms with Gasteiger partial charge in [-0.1, -0.05) is 30.3 Å². The van der Waals surface area contributed by atoms with E-state index in [-0.39, 0.29) is 12.2 Å². The van der Waals surface area contributed by atoms with E-state index in [1.807, 2.05) is 30.3 Å². The molecule has 3 rings (SSSR count). The monoisotopic (exact) mass is 347 g/mol. The minimum atomic E-state index is -0.256. The highest BCUT2D eigenvalue weighted by Crippen LogP contribution is 2.10. The predicted molar refractivity (Wildman–Crippen MR) is 96.4 cm³/mol. The van der Waals surface area contributed by atoms with Crippen molar-refractivity contribution < 1.29 is 14.3 Å². The Morgan fingerprint density at radius 3 is 3.00 bits per heavy atom. The van der Waals surface area contributed by atoms with E-state index in [2.05, 4.69) is 10.6 Å². The lowest BCUT2D eigenvalue weighted by Crippen LogP contribution is -2.49. The lowest BCUT2D eigenvalue weighted by atomic mass is 10.00. The summed E-state index contributed by atoms with van der Waals surface area (Å²) in [6, 6.07) is 9.76. The molecule has 138 valence electrons. The second-order valence-electron chi connectivity index (χ2n) is 6.85. The number of rotatable bonds is 6. The Balaban J connectivity index is 1.36. The molecule has 2 fully saturated rings. The van der Waals surface area contributed by atoms with Crippen LogP contribution in [0.4, 0.5) is 4.79 Å². The van der Waals surface area contributed by atoms with Gasteiger partial charge in [-0.3, -0.25) is 0 Å². The molecule has 2 aliphatic heterocycles. The third-order valence-electron chi connectivity index (χ3n) is 4.81. The average Bonchev–Trinajstić information content (AvgIpc) is 2.68. The number of hydrogen-bond donors (Lipinski definition) is 2. The van der Waals surface area contributed by atoms with Gasteiger partial charge < -0.3 is 25.0 Å². The number of piperidine rings is 1. The van der Waals surface area contributed by atoms with Gasteiger partial charge in [0, 0.05) is 13.1 Å². The molecule has 0 saturated carbocycles.